The van der Waals surface area contributed by atoms with Crippen LogP contribution in [-0.2, 0) is 13.0 Å². The molecule has 1 N–H and O–H groups in total. The molecule has 8 rings (SSSR count). The van der Waals surface area contributed by atoms with Crippen LogP contribution in [0.1, 0.15) is 33.4 Å². The van der Waals surface area contributed by atoms with Gasteiger partial charge in [-0.1, -0.05) is 132 Å². The van der Waals surface area contributed by atoms with Crippen molar-refractivity contribution in [1.29, 1.82) is 0 Å². The fourth-order valence-corrected chi connectivity index (χ4v) is 7.02. The fourth-order valence-electron chi connectivity index (χ4n) is 7.02. The number of aliphatic hydroxyl groups excluding tert-OH is 1. The first-order valence-corrected chi connectivity index (χ1v) is 16.9. The molecule has 2 aliphatic rings. The normalized spacial score (nSPS) is 16.8. The first-order valence-electron chi connectivity index (χ1n) is 16.9. The zero-order valence-corrected chi connectivity index (χ0v) is 27.7. The molecular weight excluding hydrogens is 601 g/mol. The van der Waals surface area contributed by atoms with Gasteiger partial charge in [-0.15, -0.1) is 0 Å². The van der Waals surface area contributed by atoms with Gasteiger partial charge in [0.05, 0.1) is 40.2 Å². The van der Waals surface area contributed by atoms with Gasteiger partial charge in [0.1, 0.15) is 0 Å². The summed E-state index contributed by atoms with van der Waals surface area (Å²) >= 11 is 0. The van der Waals surface area contributed by atoms with Gasteiger partial charge in [-0.25, -0.2) is 9.98 Å². The fraction of sp³-hybridized carbons (Fsp3) is 0.136. The Hall–Kier alpha value is -5.78. The summed E-state index contributed by atoms with van der Waals surface area (Å²) in [6, 6.07) is 52.5. The van der Waals surface area contributed by atoms with Crippen molar-refractivity contribution in [3.05, 3.63) is 185 Å². The van der Waals surface area contributed by atoms with E-state index < -0.39 is 6.23 Å². The molecule has 240 valence electrons. The number of aliphatic hydroxyl groups is 1. The zero-order valence-electron chi connectivity index (χ0n) is 27.7. The third-order valence-electron chi connectivity index (χ3n) is 9.55. The highest BCUT2D eigenvalue weighted by molar-refractivity contribution is 6.11. The average Bonchev–Trinajstić information content (AvgIpc) is 3.14. The van der Waals surface area contributed by atoms with Crippen LogP contribution in [0.5, 0.6) is 0 Å². The van der Waals surface area contributed by atoms with Crippen molar-refractivity contribution in [2.45, 2.75) is 39.1 Å². The molecule has 5 nitrogen and oxygen atoms in total. The maximum atomic E-state index is 12.2. The van der Waals surface area contributed by atoms with Crippen LogP contribution in [0.2, 0.25) is 0 Å². The summed E-state index contributed by atoms with van der Waals surface area (Å²) in [5.74, 6) is 0. The van der Waals surface area contributed by atoms with Gasteiger partial charge in [-0.2, -0.15) is 0 Å². The molecule has 0 aromatic heterocycles. The number of aryl methyl sites for hydroxylation is 2. The number of aliphatic imine (C=N–C) groups is 2. The Morgan fingerprint density at radius 3 is 1.71 bits per heavy atom. The quantitative estimate of drug-likeness (QED) is 0.189. The van der Waals surface area contributed by atoms with Crippen LogP contribution in [0.3, 0.4) is 0 Å². The summed E-state index contributed by atoms with van der Waals surface area (Å²) < 4.78 is 0. The SMILES string of the molecule is Cc1ccc(C2=Nc3ccccc3N(Cc3ccccc3)C2Cc2ccccc2N2c3ccccc3N=C(c3ccc(C)cc3)C2O)cc1. The third-order valence-corrected chi connectivity index (χ3v) is 9.55. The highest BCUT2D eigenvalue weighted by Crippen LogP contribution is 2.43. The number of benzene rings is 6. The summed E-state index contributed by atoms with van der Waals surface area (Å²) in [6.07, 6.45) is -0.302. The van der Waals surface area contributed by atoms with E-state index in [1.165, 1.54) is 11.1 Å². The Balaban J connectivity index is 1.26. The van der Waals surface area contributed by atoms with E-state index in [1.54, 1.807) is 0 Å². The van der Waals surface area contributed by atoms with Crippen LogP contribution in [0, 0.1) is 13.8 Å². The molecule has 0 saturated heterocycles. The molecule has 0 spiro atoms. The summed E-state index contributed by atoms with van der Waals surface area (Å²) in [7, 11) is 0. The number of hydrogen-bond donors (Lipinski definition) is 1. The van der Waals surface area contributed by atoms with Crippen molar-refractivity contribution in [2.75, 3.05) is 9.80 Å². The van der Waals surface area contributed by atoms with E-state index in [0.29, 0.717) is 12.1 Å². The van der Waals surface area contributed by atoms with Crippen molar-refractivity contribution in [3.63, 3.8) is 0 Å². The van der Waals surface area contributed by atoms with Gasteiger partial charge >= 0.3 is 0 Å². The van der Waals surface area contributed by atoms with Crippen LogP contribution in [0.25, 0.3) is 0 Å². The summed E-state index contributed by atoms with van der Waals surface area (Å²) in [6.45, 7) is 4.92. The van der Waals surface area contributed by atoms with Gasteiger partial charge in [0.25, 0.3) is 0 Å². The van der Waals surface area contributed by atoms with Crippen molar-refractivity contribution in [1.82, 2.24) is 0 Å². The van der Waals surface area contributed by atoms with E-state index in [2.05, 4.69) is 134 Å². The van der Waals surface area contributed by atoms with Crippen LogP contribution in [-0.4, -0.2) is 28.8 Å². The Morgan fingerprint density at radius 2 is 1.04 bits per heavy atom. The lowest BCUT2D eigenvalue weighted by Crippen LogP contribution is -2.45. The molecule has 0 bridgehead atoms. The smallest absolute Gasteiger partial charge is 0.175 e. The van der Waals surface area contributed by atoms with E-state index in [9.17, 15) is 5.11 Å². The molecule has 0 radical (unpaired) electrons. The van der Waals surface area contributed by atoms with Crippen molar-refractivity contribution in [2.24, 2.45) is 9.98 Å². The first-order chi connectivity index (χ1) is 24.0. The molecule has 5 heteroatoms. The maximum absolute atomic E-state index is 12.2. The summed E-state index contributed by atoms with van der Waals surface area (Å²) in [4.78, 5) is 14.9. The first kappa shape index (κ1) is 30.5. The molecule has 2 aliphatic heterocycles. The van der Waals surface area contributed by atoms with Gasteiger partial charge in [0, 0.05) is 24.2 Å². The minimum Gasteiger partial charge on any atom is -0.368 e. The van der Waals surface area contributed by atoms with Crippen LogP contribution in [0.4, 0.5) is 28.4 Å². The number of fused-ring (bicyclic) bond motifs is 2. The van der Waals surface area contributed by atoms with Crippen molar-refractivity contribution in [3.8, 4) is 0 Å². The summed E-state index contributed by atoms with van der Waals surface area (Å²) in [5, 5.41) is 12.2. The molecule has 0 fully saturated rings. The Labute approximate surface area is 288 Å². The second-order valence-electron chi connectivity index (χ2n) is 12.9. The minimum absolute atomic E-state index is 0.0821. The van der Waals surface area contributed by atoms with Crippen LogP contribution >= 0.6 is 0 Å². The number of para-hydroxylation sites is 5. The van der Waals surface area contributed by atoms with Crippen LogP contribution in [0.15, 0.2) is 162 Å². The lowest BCUT2D eigenvalue weighted by Gasteiger charge is -2.40. The van der Waals surface area contributed by atoms with Gasteiger partial charge in [0.2, 0.25) is 0 Å². The highest BCUT2D eigenvalue weighted by Gasteiger charge is 2.35. The van der Waals surface area contributed by atoms with Gasteiger partial charge in [0.15, 0.2) is 6.23 Å². The minimum atomic E-state index is -0.975. The predicted octanol–water partition coefficient (Wildman–Crippen LogP) is 9.65. The van der Waals surface area contributed by atoms with E-state index in [1.807, 2.05) is 41.3 Å². The van der Waals surface area contributed by atoms with Crippen molar-refractivity contribution >= 4 is 39.9 Å². The van der Waals surface area contributed by atoms with E-state index in [0.717, 1.165) is 62.9 Å². The van der Waals surface area contributed by atoms with Crippen molar-refractivity contribution < 1.29 is 5.11 Å². The van der Waals surface area contributed by atoms with Gasteiger partial charge < -0.3 is 14.9 Å². The largest absolute Gasteiger partial charge is 0.368 e. The van der Waals surface area contributed by atoms with E-state index >= 15 is 0 Å². The molecule has 2 heterocycles. The van der Waals surface area contributed by atoms with Gasteiger partial charge in [-0.3, -0.25) is 0 Å². The Morgan fingerprint density at radius 1 is 0.531 bits per heavy atom. The van der Waals surface area contributed by atoms with Gasteiger partial charge in [-0.05, 0) is 60.9 Å². The topological polar surface area (TPSA) is 51.4 Å². The molecule has 49 heavy (non-hydrogen) atoms. The molecule has 0 saturated carbocycles. The monoisotopic (exact) mass is 638 g/mol. The van der Waals surface area contributed by atoms with E-state index in [4.69, 9.17) is 9.98 Å². The van der Waals surface area contributed by atoms with E-state index in [-0.39, 0.29) is 6.04 Å². The zero-order chi connectivity index (χ0) is 33.3. The lowest BCUT2D eigenvalue weighted by atomic mass is 9.90. The second kappa shape index (κ2) is 13.0. The predicted molar refractivity (Wildman–Crippen MR) is 202 cm³/mol. The molecule has 6 aromatic rings. The summed E-state index contributed by atoms with van der Waals surface area (Å²) in [5.41, 5.74) is 13.1. The number of anilines is 3. The molecular formula is C44H38N4O. The average molecular weight is 639 g/mol. The molecule has 0 amide bonds. The Bertz CT molecular complexity index is 2170. The number of rotatable bonds is 7. The standard InChI is InChI=1S/C44H38N4O/c1-30-20-24-33(25-21-30)42-41(47(29-32-12-4-3-5-13-32)39-18-10-7-15-36(39)45-42)28-35-14-6-9-17-38(35)48-40-19-11-8-16-37(40)46-43(44(48)49)34-26-22-31(2)23-27-34/h3-27,41,44,49H,28-29H2,1-2H3. The molecule has 6 aromatic carbocycles. The lowest BCUT2D eigenvalue weighted by molar-refractivity contribution is 0.247. The second-order valence-corrected chi connectivity index (χ2v) is 12.9. The molecule has 0 aliphatic carbocycles. The molecule has 2 unspecified atom stereocenters. The highest BCUT2D eigenvalue weighted by atomic mass is 16.3. The Kier molecular flexibility index (Phi) is 8.12. The van der Waals surface area contributed by atoms with Crippen LogP contribution < -0.4 is 9.80 Å². The number of nitrogens with zero attached hydrogens (tertiary/aromatic N) is 4. The number of hydrogen-bond acceptors (Lipinski definition) is 5. The molecule has 2 atom stereocenters. The third kappa shape index (κ3) is 5.94. The maximum Gasteiger partial charge on any atom is 0.175 e.